The summed E-state index contributed by atoms with van der Waals surface area (Å²) >= 11 is 1.50. The fraction of sp³-hybridized carbons (Fsp3) is 0.200. The van der Waals surface area contributed by atoms with E-state index >= 15 is 0 Å². The van der Waals surface area contributed by atoms with Crippen molar-refractivity contribution in [2.24, 2.45) is 0 Å². The molecule has 0 aliphatic carbocycles. The molecular weight excluding hydrogens is 392 g/mol. The second-order valence-corrected chi connectivity index (χ2v) is 8.18. The Bertz CT molecular complexity index is 1120. The fourth-order valence-corrected chi connectivity index (χ4v) is 4.18. The quantitative estimate of drug-likeness (QED) is 0.365. The number of carbonyl (C=O) groups excluding carboxylic acids is 1. The van der Waals surface area contributed by atoms with Gasteiger partial charge in [0.1, 0.15) is 5.75 Å². The number of amides is 1. The van der Waals surface area contributed by atoms with E-state index in [-0.39, 0.29) is 12.5 Å². The maximum Gasteiger partial charge on any atom is 0.264 e. The van der Waals surface area contributed by atoms with Gasteiger partial charge < -0.3 is 4.74 Å². The molecule has 1 aromatic heterocycles. The van der Waals surface area contributed by atoms with E-state index in [0.717, 1.165) is 27.8 Å². The van der Waals surface area contributed by atoms with Crippen molar-refractivity contribution < 1.29 is 9.53 Å². The maximum atomic E-state index is 12.3. The molecule has 1 heterocycles. The summed E-state index contributed by atoms with van der Waals surface area (Å²) in [6, 6.07) is 24.2. The molecule has 4 aromatic rings. The van der Waals surface area contributed by atoms with Gasteiger partial charge >= 0.3 is 0 Å². The van der Waals surface area contributed by atoms with Crippen molar-refractivity contribution in [2.45, 2.75) is 26.2 Å². The fourth-order valence-electron chi connectivity index (χ4n) is 3.24. The highest BCUT2D eigenvalue weighted by molar-refractivity contribution is 7.22. The van der Waals surface area contributed by atoms with Gasteiger partial charge in [-0.05, 0) is 53.8 Å². The first kappa shape index (κ1) is 20.1. The molecule has 0 aliphatic rings. The molecule has 4 nitrogen and oxygen atoms in total. The van der Waals surface area contributed by atoms with E-state index in [9.17, 15) is 4.79 Å². The zero-order valence-corrected chi connectivity index (χ0v) is 17.7. The molecule has 30 heavy (non-hydrogen) atoms. The number of aryl methyl sites for hydroxylation is 1. The van der Waals surface area contributed by atoms with E-state index < -0.39 is 0 Å². The number of nitrogens with one attached hydrogen (secondary N) is 1. The second-order valence-electron chi connectivity index (χ2n) is 7.15. The van der Waals surface area contributed by atoms with Crippen LogP contribution in [0.1, 0.15) is 25.3 Å². The molecule has 0 saturated carbocycles. The van der Waals surface area contributed by atoms with E-state index in [1.165, 1.54) is 29.7 Å². The molecule has 1 amide bonds. The SMILES string of the molecule is CCCCc1ccc2nc(NC(=O)COc3ccc(-c4ccccc4)cc3)sc2c1. The number of aromatic nitrogens is 1. The van der Waals surface area contributed by atoms with Gasteiger partial charge in [-0.25, -0.2) is 4.98 Å². The van der Waals surface area contributed by atoms with Crippen LogP contribution in [0, 0.1) is 0 Å². The normalized spacial score (nSPS) is 10.8. The number of carbonyl (C=O) groups is 1. The summed E-state index contributed by atoms with van der Waals surface area (Å²) in [5, 5.41) is 3.45. The van der Waals surface area contributed by atoms with E-state index in [1.54, 1.807) is 0 Å². The minimum Gasteiger partial charge on any atom is -0.484 e. The van der Waals surface area contributed by atoms with Crippen LogP contribution in [0.3, 0.4) is 0 Å². The lowest BCUT2D eigenvalue weighted by molar-refractivity contribution is -0.118. The third-order valence-corrected chi connectivity index (χ3v) is 5.78. The zero-order valence-electron chi connectivity index (χ0n) is 16.9. The van der Waals surface area contributed by atoms with Gasteiger partial charge in [0.25, 0.3) is 5.91 Å². The average molecular weight is 417 g/mol. The largest absolute Gasteiger partial charge is 0.484 e. The van der Waals surface area contributed by atoms with Crippen LogP contribution in [0.15, 0.2) is 72.8 Å². The van der Waals surface area contributed by atoms with Crippen molar-refractivity contribution >= 4 is 32.6 Å². The summed E-state index contributed by atoms with van der Waals surface area (Å²) in [6.45, 7) is 2.14. The van der Waals surface area contributed by atoms with Gasteiger partial charge in [0.15, 0.2) is 11.7 Å². The van der Waals surface area contributed by atoms with Gasteiger partial charge in [-0.15, -0.1) is 0 Å². The predicted octanol–water partition coefficient (Wildman–Crippen LogP) is 6.32. The standard InChI is InChI=1S/C25H24N2O2S/c1-2-3-7-18-10-15-22-23(16-18)30-25(26-22)27-24(28)17-29-21-13-11-20(12-14-21)19-8-5-4-6-9-19/h4-6,8-16H,2-3,7,17H2,1H3,(H,26,27,28). The number of rotatable bonds is 8. The molecule has 0 atom stereocenters. The van der Waals surface area contributed by atoms with Crippen LogP contribution >= 0.6 is 11.3 Å². The number of unbranched alkanes of at least 4 members (excludes halogenated alkanes) is 1. The molecule has 4 rings (SSSR count). The lowest BCUT2D eigenvalue weighted by Crippen LogP contribution is -2.19. The van der Waals surface area contributed by atoms with Crippen LogP contribution in [-0.4, -0.2) is 17.5 Å². The molecule has 0 unspecified atom stereocenters. The van der Waals surface area contributed by atoms with Crippen molar-refractivity contribution in [3.05, 3.63) is 78.4 Å². The van der Waals surface area contributed by atoms with E-state index in [2.05, 4.69) is 41.5 Å². The number of ether oxygens (including phenoxy) is 1. The minimum absolute atomic E-state index is 0.0532. The molecule has 0 spiro atoms. The van der Waals surface area contributed by atoms with Gasteiger partial charge in [-0.3, -0.25) is 10.1 Å². The van der Waals surface area contributed by atoms with Crippen LogP contribution in [0.4, 0.5) is 5.13 Å². The Morgan fingerprint density at radius 3 is 2.53 bits per heavy atom. The highest BCUT2D eigenvalue weighted by Gasteiger charge is 2.09. The summed E-state index contributed by atoms with van der Waals surface area (Å²) in [5.74, 6) is 0.446. The first-order valence-corrected chi connectivity index (χ1v) is 11.0. The summed E-state index contributed by atoms with van der Waals surface area (Å²) in [7, 11) is 0. The zero-order chi connectivity index (χ0) is 20.8. The van der Waals surface area contributed by atoms with Crippen molar-refractivity contribution in [1.29, 1.82) is 0 Å². The molecule has 0 aliphatic heterocycles. The first-order valence-electron chi connectivity index (χ1n) is 10.2. The van der Waals surface area contributed by atoms with Gasteiger partial charge in [-0.2, -0.15) is 0 Å². The van der Waals surface area contributed by atoms with Crippen LogP contribution in [0.5, 0.6) is 5.75 Å². The summed E-state index contributed by atoms with van der Waals surface area (Å²) in [6.07, 6.45) is 3.43. The third-order valence-electron chi connectivity index (χ3n) is 4.85. The Balaban J connectivity index is 1.33. The van der Waals surface area contributed by atoms with Crippen LogP contribution in [0.25, 0.3) is 21.3 Å². The van der Waals surface area contributed by atoms with Crippen molar-refractivity contribution in [2.75, 3.05) is 11.9 Å². The Hall–Kier alpha value is -3.18. The number of hydrogen-bond acceptors (Lipinski definition) is 4. The summed E-state index contributed by atoms with van der Waals surface area (Å²) < 4.78 is 6.73. The van der Waals surface area contributed by atoms with Gasteiger partial charge in [-0.1, -0.05) is 73.2 Å². The summed E-state index contributed by atoms with van der Waals surface area (Å²) in [4.78, 5) is 16.8. The molecule has 0 bridgehead atoms. The Labute approximate surface area is 180 Å². The topological polar surface area (TPSA) is 51.2 Å². The number of fused-ring (bicyclic) bond motifs is 1. The third kappa shape index (κ3) is 5.05. The number of thiazole rings is 1. The van der Waals surface area contributed by atoms with E-state index in [1.807, 2.05) is 48.5 Å². The number of hydrogen-bond donors (Lipinski definition) is 1. The molecule has 0 saturated heterocycles. The van der Waals surface area contributed by atoms with Crippen LogP contribution in [0.2, 0.25) is 0 Å². The van der Waals surface area contributed by atoms with Gasteiger partial charge in [0.05, 0.1) is 10.2 Å². The molecule has 1 N–H and O–H groups in total. The monoisotopic (exact) mass is 416 g/mol. The van der Waals surface area contributed by atoms with Gasteiger partial charge in [0, 0.05) is 0 Å². The predicted molar refractivity (Wildman–Crippen MR) is 124 cm³/mol. The molecular formula is C25H24N2O2S. The molecule has 5 heteroatoms. The van der Waals surface area contributed by atoms with Crippen molar-refractivity contribution in [3.8, 4) is 16.9 Å². The minimum atomic E-state index is -0.215. The van der Waals surface area contributed by atoms with Crippen molar-refractivity contribution in [3.63, 3.8) is 0 Å². The Kier molecular flexibility index (Phi) is 6.40. The summed E-state index contributed by atoms with van der Waals surface area (Å²) in [5.41, 5.74) is 4.48. The highest BCUT2D eigenvalue weighted by atomic mass is 32.1. The lowest BCUT2D eigenvalue weighted by Gasteiger charge is -2.07. The smallest absolute Gasteiger partial charge is 0.264 e. The Morgan fingerprint density at radius 2 is 1.77 bits per heavy atom. The average Bonchev–Trinajstić information content (AvgIpc) is 3.18. The number of anilines is 1. The van der Waals surface area contributed by atoms with Crippen LogP contribution in [-0.2, 0) is 11.2 Å². The number of benzene rings is 3. The van der Waals surface area contributed by atoms with Crippen LogP contribution < -0.4 is 10.1 Å². The lowest BCUT2D eigenvalue weighted by atomic mass is 10.1. The van der Waals surface area contributed by atoms with Gasteiger partial charge in [0.2, 0.25) is 0 Å². The Morgan fingerprint density at radius 1 is 1.00 bits per heavy atom. The molecule has 152 valence electrons. The molecule has 0 radical (unpaired) electrons. The van der Waals surface area contributed by atoms with E-state index in [4.69, 9.17) is 4.74 Å². The maximum absolute atomic E-state index is 12.3. The highest BCUT2D eigenvalue weighted by Crippen LogP contribution is 2.27. The van der Waals surface area contributed by atoms with E-state index in [0.29, 0.717) is 10.9 Å². The van der Waals surface area contributed by atoms with Crippen molar-refractivity contribution in [1.82, 2.24) is 4.98 Å². The number of nitrogens with zero attached hydrogens (tertiary/aromatic N) is 1. The first-order chi connectivity index (χ1) is 14.7. The molecule has 3 aromatic carbocycles. The molecule has 0 fully saturated rings. The second kappa shape index (κ2) is 9.55.